The van der Waals surface area contributed by atoms with Crippen LogP contribution >= 0.6 is 11.8 Å². The Morgan fingerprint density at radius 3 is 2.53 bits per heavy atom. The fourth-order valence-electron chi connectivity index (χ4n) is 2.69. The molecule has 0 radical (unpaired) electrons. The molecule has 0 bridgehead atoms. The zero-order chi connectivity index (χ0) is 13.7. The Labute approximate surface area is 118 Å². The van der Waals surface area contributed by atoms with Gasteiger partial charge in [-0.2, -0.15) is 5.10 Å². The van der Waals surface area contributed by atoms with Gasteiger partial charge in [0, 0.05) is 6.07 Å². The van der Waals surface area contributed by atoms with Crippen LogP contribution < -0.4 is 0 Å². The first-order valence-electron chi connectivity index (χ1n) is 6.98. The highest BCUT2D eigenvalue weighted by Gasteiger charge is 2.22. The highest BCUT2D eigenvalue weighted by atomic mass is 32.2. The average Bonchev–Trinajstić information content (AvgIpc) is 2.81. The zero-order valence-corrected chi connectivity index (χ0v) is 12.5. The van der Waals surface area contributed by atoms with E-state index in [1.165, 1.54) is 39.2 Å². The standard InChI is InChI=1S/C14H22N2O2S/c1-18-14(17)12-10-13(19-2)15-16(12)11-8-6-4-3-5-7-9-11/h10-11H,3-9H2,1-2H3. The molecule has 1 aromatic heterocycles. The molecule has 1 fully saturated rings. The predicted octanol–water partition coefficient (Wildman–Crippen LogP) is 3.68. The summed E-state index contributed by atoms with van der Waals surface area (Å²) in [4.78, 5) is 11.9. The molecule has 1 aliphatic rings. The van der Waals surface area contributed by atoms with Gasteiger partial charge in [-0.3, -0.25) is 4.68 Å². The third-order valence-corrected chi connectivity index (χ3v) is 4.36. The van der Waals surface area contributed by atoms with Gasteiger partial charge in [0.05, 0.1) is 13.2 Å². The Morgan fingerprint density at radius 2 is 1.95 bits per heavy atom. The minimum absolute atomic E-state index is 0.283. The van der Waals surface area contributed by atoms with E-state index in [0.29, 0.717) is 11.7 Å². The molecule has 0 spiro atoms. The van der Waals surface area contributed by atoms with Gasteiger partial charge in [-0.15, -0.1) is 11.8 Å². The second-order valence-corrected chi connectivity index (χ2v) is 5.83. The average molecular weight is 282 g/mol. The molecular weight excluding hydrogens is 260 g/mol. The summed E-state index contributed by atoms with van der Waals surface area (Å²) in [6.45, 7) is 0. The molecule has 2 rings (SSSR count). The molecule has 1 aromatic rings. The first kappa shape index (κ1) is 14.4. The van der Waals surface area contributed by atoms with E-state index in [2.05, 4.69) is 5.10 Å². The SMILES string of the molecule is COC(=O)c1cc(SC)nn1C1CCCCCCC1. The van der Waals surface area contributed by atoms with E-state index in [9.17, 15) is 4.79 Å². The largest absolute Gasteiger partial charge is 0.464 e. The Hall–Kier alpha value is -0.970. The van der Waals surface area contributed by atoms with E-state index >= 15 is 0 Å². The van der Waals surface area contributed by atoms with Crippen LogP contribution in [0.15, 0.2) is 11.1 Å². The number of esters is 1. The van der Waals surface area contributed by atoms with E-state index in [0.717, 1.165) is 17.9 Å². The van der Waals surface area contributed by atoms with Crippen molar-refractivity contribution < 1.29 is 9.53 Å². The second kappa shape index (κ2) is 6.98. The molecule has 106 valence electrons. The Kier molecular flexibility index (Phi) is 5.31. The smallest absolute Gasteiger partial charge is 0.356 e. The van der Waals surface area contributed by atoms with Crippen LogP contribution in [0.25, 0.3) is 0 Å². The number of hydrogen-bond acceptors (Lipinski definition) is 4. The van der Waals surface area contributed by atoms with Crippen LogP contribution in [0.3, 0.4) is 0 Å². The van der Waals surface area contributed by atoms with Crippen LogP contribution in [-0.4, -0.2) is 29.1 Å². The molecule has 0 saturated heterocycles. The van der Waals surface area contributed by atoms with Crippen molar-refractivity contribution >= 4 is 17.7 Å². The summed E-state index contributed by atoms with van der Waals surface area (Å²) >= 11 is 1.57. The minimum atomic E-state index is -0.283. The van der Waals surface area contributed by atoms with Gasteiger partial charge < -0.3 is 4.74 Å². The molecule has 0 N–H and O–H groups in total. The van der Waals surface area contributed by atoms with Gasteiger partial charge in [0.2, 0.25) is 0 Å². The van der Waals surface area contributed by atoms with Crippen LogP contribution in [0.5, 0.6) is 0 Å². The Balaban J connectivity index is 2.24. The van der Waals surface area contributed by atoms with Crippen molar-refractivity contribution in [2.75, 3.05) is 13.4 Å². The molecule has 0 amide bonds. The van der Waals surface area contributed by atoms with Gasteiger partial charge in [0.15, 0.2) is 0 Å². The van der Waals surface area contributed by atoms with Crippen LogP contribution in [-0.2, 0) is 4.74 Å². The lowest BCUT2D eigenvalue weighted by Crippen LogP contribution is -2.18. The van der Waals surface area contributed by atoms with Crippen LogP contribution in [0.4, 0.5) is 0 Å². The molecule has 0 aliphatic heterocycles. The maximum atomic E-state index is 11.9. The molecule has 19 heavy (non-hydrogen) atoms. The summed E-state index contributed by atoms with van der Waals surface area (Å²) < 4.78 is 6.78. The third-order valence-electron chi connectivity index (χ3n) is 3.74. The number of hydrogen-bond donors (Lipinski definition) is 0. The normalized spacial score (nSPS) is 17.8. The lowest BCUT2D eigenvalue weighted by Gasteiger charge is -2.21. The topological polar surface area (TPSA) is 44.1 Å². The van der Waals surface area contributed by atoms with Crippen molar-refractivity contribution in [2.45, 2.75) is 56.0 Å². The lowest BCUT2D eigenvalue weighted by molar-refractivity contribution is 0.0582. The number of carbonyl (C=O) groups excluding carboxylic acids is 1. The first-order chi connectivity index (χ1) is 9.26. The zero-order valence-electron chi connectivity index (χ0n) is 11.7. The minimum Gasteiger partial charge on any atom is -0.464 e. The van der Waals surface area contributed by atoms with Crippen molar-refractivity contribution in [3.63, 3.8) is 0 Å². The van der Waals surface area contributed by atoms with E-state index in [4.69, 9.17) is 4.74 Å². The molecule has 1 saturated carbocycles. The van der Waals surface area contributed by atoms with Crippen molar-refractivity contribution in [3.05, 3.63) is 11.8 Å². The Bertz CT molecular complexity index is 423. The van der Waals surface area contributed by atoms with Crippen molar-refractivity contribution in [1.82, 2.24) is 9.78 Å². The van der Waals surface area contributed by atoms with Gasteiger partial charge in [0.25, 0.3) is 0 Å². The second-order valence-electron chi connectivity index (χ2n) is 5.01. The lowest BCUT2D eigenvalue weighted by atomic mass is 9.97. The summed E-state index contributed by atoms with van der Waals surface area (Å²) in [7, 11) is 1.43. The molecule has 5 heteroatoms. The molecule has 0 atom stereocenters. The maximum absolute atomic E-state index is 11.9. The Morgan fingerprint density at radius 1 is 1.32 bits per heavy atom. The maximum Gasteiger partial charge on any atom is 0.356 e. The van der Waals surface area contributed by atoms with Gasteiger partial charge in [-0.1, -0.05) is 32.1 Å². The fraction of sp³-hybridized carbons (Fsp3) is 0.714. The molecule has 1 heterocycles. The fourth-order valence-corrected chi connectivity index (χ4v) is 3.09. The molecule has 1 aliphatic carbocycles. The summed E-state index contributed by atoms with van der Waals surface area (Å²) in [5.74, 6) is -0.283. The summed E-state index contributed by atoms with van der Waals surface area (Å²) in [6, 6.07) is 2.19. The quantitative estimate of drug-likeness (QED) is 0.626. The number of nitrogens with zero attached hydrogens (tertiary/aromatic N) is 2. The summed E-state index contributed by atoms with van der Waals surface area (Å²) in [5.41, 5.74) is 0.595. The number of aromatic nitrogens is 2. The number of methoxy groups -OCH3 is 1. The molecule has 4 nitrogen and oxygen atoms in total. The van der Waals surface area contributed by atoms with E-state index < -0.39 is 0 Å². The monoisotopic (exact) mass is 282 g/mol. The van der Waals surface area contributed by atoms with Crippen LogP contribution in [0, 0.1) is 0 Å². The summed E-state index contributed by atoms with van der Waals surface area (Å²) in [6.07, 6.45) is 10.6. The summed E-state index contributed by atoms with van der Waals surface area (Å²) in [5, 5.41) is 5.46. The first-order valence-corrected chi connectivity index (χ1v) is 8.20. The van der Waals surface area contributed by atoms with Gasteiger partial charge in [0.1, 0.15) is 10.7 Å². The highest BCUT2D eigenvalue weighted by Crippen LogP contribution is 2.29. The van der Waals surface area contributed by atoms with Crippen molar-refractivity contribution in [2.24, 2.45) is 0 Å². The van der Waals surface area contributed by atoms with E-state index in [1.807, 2.05) is 17.0 Å². The predicted molar refractivity (Wildman–Crippen MR) is 76.7 cm³/mol. The molecule has 0 aromatic carbocycles. The number of rotatable bonds is 3. The number of ether oxygens (including phenoxy) is 1. The van der Waals surface area contributed by atoms with Gasteiger partial charge in [-0.25, -0.2) is 4.79 Å². The van der Waals surface area contributed by atoms with Crippen LogP contribution in [0.2, 0.25) is 0 Å². The highest BCUT2D eigenvalue weighted by molar-refractivity contribution is 7.98. The molecular formula is C14H22N2O2S. The van der Waals surface area contributed by atoms with Crippen molar-refractivity contribution in [1.29, 1.82) is 0 Å². The van der Waals surface area contributed by atoms with Crippen molar-refractivity contribution in [3.8, 4) is 0 Å². The number of thioether (sulfide) groups is 1. The van der Waals surface area contributed by atoms with E-state index in [1.54, 1.807) is 11.8 Å². The van der Waals surface area contributed by atoms with Gasteiger partial charge in [-0.05, 0) is 19.1 Å². The molecule has 0 unspecified atom stereocenters. The number of carbonyl (C=O) groups is 1. The van der Waals surface area contributed by atoms with E-state index in [-0.39, 0.29) is 5.97 Å². The third kappa shape index (κ3) is 3.53. The van der Waals surface area contributed by atoms with Gasteiger partial charge >= 0.3 is 5.97 Å². The van der Waals surface area contributed by atoms with Crippen LogP contribution in [0.1, 0.15) is 61.5 Å².